The van der Waals surface area contributed by atoms with Gasteiger partial charge in [0.15, 0.2) is 11.6 Å². The summed E-state index contributed by atoms with van der Waals surface area (Å²) < 4.78 is 5.89. The second kappa shape index (κ2) is 13.7. The molecular weight excluding hydrogens is 440 g/mol. The molecule has 0 atom stereocenters. The summed E-state index contributed by atoms with van der Waals surface area (Å²) >= 11 is 1.67. The van der Waals surface area contributed by atoms with Gasteiger partial charge in [-0.25, -0.2) is 0 Å². The van der Waals surface area contributed by atoms with Gasteiger partial charge in [0.1, 0.15) is 11.5 Å². The molecule has 6 nitrogen and oxygen atoms in total. The Balaban J connectivity index is 1.78. The molecule has 178 valence electrons. The van der Waals surface area contributed by atoms with Crippen LogP contribution in [0.15, 0.2) is 41.3 Å². The zero-order valence-corrected chi connectivity index (χ0v) is 20.1. The predicted octanol–water partition coefficient (Wildman–Crippen LogP) is 5.94. The number of carbonyl (C=O) groups excluding carboxylic acids is 2. The van der Waals surface area contributed by atoms with Gasteiger partial charge in [-0.1, -0.05) is 25.5 Å². The van der Waals surface area contributed by atoms with Crippen LogP contribution in [0.1, 0.15) is 78.7 Å². The fraction of sp³-hybridized carbons (Fsp3) is 0.423. The van der Waals surface area contributed by atoms with E-state index >= 15 is 0 Å². The molecule has 0 radical (unpaired) electrons. The topological polar surface area (TPSA) is 101 Å². The Morgan fingerprint density at radius 2 is 1.67 bits per heavy atom. The first-order valence-corrected chi connectivity index (χ1v) is 12.3. The molecule has 0 amide bonds. The number of phenolic OH excluding ortho intramolecular Hbond substituents is 1. The van der Waals surface area contributed by atoms with Crippen LogP contribution >= 0.6 is 11.8 Å². The predicted molar refractivity (Wildman–Crippen MR) is 130 cm³/mol. The fourth-order valence-electron chi connectivity index (χ4n) is 3.40. The molecule has 2 aromatic carbocycles. The molecule has 7 heteroatoms. The fourth-order valence-corrected chi connectivity index (χ4v) is 4.23. The molecule has 0 aliphatic heterocycles. The highest BCUT2D eigenvalue weighted by Crippen LogP contribution is 2.33. The van der Waals surface area contributed by atoms with Gasteiger partial charge in [0.2, 0.25) is 0 Å². The number of unbranched alkanes of at least 4 members (excludes halogenated alkanes) is 1. The van der Waals surface area contributed by atoms with Crippen molar-refractivity contribution in [3.8, 4) is 11.5 Å². The van der Waals surface area contributed by atoms with Gasteiger partial charge in [-0.05, 0) is 56.9 Å². The number of carboxylic acid groups (broad SMARTS) is 1. The lowest BCUT2D eigenvalue weighted by atomic mass is 10.0. The van der Waals surface area contributed by atoms with E-state index in [1.165, 1.54) is 6.92 Å². The normalized spacial score (nSPS) is 10.7. The molecule has 2 aromatic rings. The molecule has 0 bridgehead atoms. The van der Waals surface area contributed by atoms with Crippen LogP contribution in [0.2, 0.25) is 0 Å². The van der Waals surface area contributed by atoms with Crippen LogP contribution in [0.4, 0.5) is 0 Å². The Kier molecular flexibility index (Phi) is 11.0. The first kappa shape index (κ1) is 26.5. The van der Waals surface area contributed by atoms with E-state index in [2.05, 4.69) is 0 Å². The summed E-state index contributed by atoms with van der Waals surface area (Å²) in [6, 6.07) is 10.8. The average molecular weight is 473 g/mol. The van der Waals surface area contributed by atoms with E-state index in [1.54, 1.807) is 23.9 Å². The number of aliphatic carboxylic acids is 1. The lowest BCUT2D eigenvalue weighted by molar-refractivity contribution is -0.137. The number of rotatable bonds is 15. The zero-order valence-electron chi connectivity index (χ0n) is 19.3. The lowest BCUT2D eigenvalue weighted by Gasteiger charge is -2.14. The van der Waals surface area contributed by atoms with Crippen LogP contribution in [0.3, 0.4) is 0 Å². The first-order chi connectivity index (χ1) is 15.8. The van der Waals surface area contributed by atoms with E-state index in [4.69, 9.17) is 9.84 Å². The third-order valence-corrected chi connectivity index (χ3v) is 6.25. The maximum atomic E-state index is 12.2. The number of carbonyl (C=O) groups is 3. The number of Topliss-reactive ketones (excluding diaryl/α,β-unsaturated/α-hetero) is 2. The molecule has 2 N–H and O–H groups in total. The van der Waals surface area contributed by atoms with Gasteiger partial charge in [0, 0.05) is 34.6 Å². The molecule has 0 aliphatic rings. The van der Waals surface area contributed by atoms with E-state index < -0.39 is 5.97 Å². The van der Waals surface area contributed by atoms with Crippen molar-refractivity contribution >= 4 is 29.3 Å². The van der Waals surface area contributed by atoms with Crippen molar-refractivity contribution in [1.29, 1.82) is 0 Å². The Morgan fingerprint density at radius 1 is 0.970 bits per heavy atom. The number of aromatic hydroxyl groups is 1. The molecule has 0 heterocycles. The van der Waals surface area contributed by atoms with Gasteiger partial charge in [0.05, 0.1) is 12.2 Å². The van der Waals surface area contributed by atoms with Crippen molar-refractivity contribution < 1.29 is 29.3 Å². The number of ketones is 2. The summed E-state index contributed by atoms with van der Waals surface area (Å²) in [5.74, 6) is 0.511. The van der Waals surface area contributed by atoms with Crippen molar-refractivity contribution in [1.82, 2.24) is 0 Å². The smallest absolute Gasteiger partial charge is 0.303 e. The Bertz CT molecular complexity index is 952. The van der Waals surface area contributed by atoms with Crippen molar-refractivity contribution in [2.75, 3.05) is 12.4 Å². The summed E-state index contributed by atoms with van der Waals surface area (Å²) in [7, 11) is 0. The van der Waals surface area contributed by atoms with Crippen molar-refractivity contribution in [2.24, 2.45) is 0 Å². The number of hydrogen-bond donors (Lipinski definition) is 2. The highest BCUT2D eigenvalue weighted by atomic mass is 32.2. The number of phenols is 1. The number of hydrogen-bond acceptors (Lipinski definition) is 6. The second-order valence-electron chi connectivity index (χ2n) is 7.84. The lowest BCUT2D eigenvalue weighted by Crippen LogP contribution is -2.04. The highest BCUT2D eigenvalue weighted by molar-refractivity contribution is 7.99. The van der Waals surface area contributed by atoms with E-state index in [-0.39, 0.29) is 23.7 Å². The number of thioether (sulfide) groups is 1. The third kappa shape index (κ3) is 8.57. The van der Waals surface area contributed by atoms with Crippen LogP contribution in [0.5, 0.6) is 11.5 Å². The van der Waals surface area contributed by atoms with Crippen LogP contribution in [0.25, 0.3) is 0 Å². The van der Waals surface area contributed by atoms with Crippen LogP contribution in [-0.4, -0.2) is 40.1 Å². The van der Waals surface area contributed by atoms with E-state index in [1.807, 2.05) is 31.2 Å². The zero-order chi connectivity index (χ0) is 24.2. The first-order valence-electron chi connectivity index (χ1n) is 11.3. The number of benzene rings is 2. The van der Waals surface area contributed by atoms with Crippen LogP contribution in [-0.2, 0) is 11.2 Å². The minimum Gasteiger partial charge on any atom is -0.507 e. The monoisotopic (exact) mass is 472 g/mol. The van der Waals surface area contributed by atoms with Crippen LogP contribution < -0.4 is 4.74 Å². The molecule has 33 heavy (non-hydrogen) atoms. The second-order valence-corrected chi connectivity index (χ2v) is 9.01. The van der Waals surface area contributed by atoms with Gasteiger partial charge < -0.3 is 14.9 Å². The Morgan fingerprint density at radius 3 is 2.30 bits per heavy atom. The molecule has 0 fully saturated rings. The minimum absolute atomic E-state index is 0.0211. The Hall–Kier alpha value is -2.80. The maximum absolute atomic E-state index is 12.2. The largest absolute Gasteiger partial charge is 0.507 e. The highest BCUT2D eigenvalue weighted by Gasteiger charge is 2.15. The van der Waals surface area contributed by atoms with Gasteiger partial charge in [0.25, 0.3) is 0 Å². The average Bonchev–Trinajstić information content (AvgIpc) is 2.78. The molecular formula is C26H32O6S. The molecule has 0 spiro atoms. The van der Waals surface area contributed by atoms with Crippen molar-refractivity contribution in [2.45, 2.75) is 63.7 Å². The van der Waals surface area contributed by atoms with Crippen molar-refractivity contribution in [3.05, 3.63) is 53.1 Å². The van der Waals surface area contributed by atoms with E-state index in [0.29, 0.717) is 54.7 Å². The number of carboxylic acids is 1. The summed E-state index contributed by atoms with van der Waals surface area (Å²) in [4.78, 5) is 35.4. The SMILES string of the molecule is CCCc1c(OCCCSc2ccc(C(=O)CCCCC(=O)O)cc2)ccc(C(C)=O)c1O. The third-order valence-electron chi connectivity index (χ3n) is 5.15. The van der Waals surface area contributed by atoms with Gasteiger partial charge in [-0.3, -0.25) is 14.4 Å². The summed E-state index contributed by atoms with van der Waals surface area (Å²) in [5, 5.41) is 19.1. The quantitative estimate of drug-likeness (QED) is 0.188. The molecule has 0 aliphatic carbocycles. The molecule has 0 saturated carbocycles. The van der Waals surface area contributed by atoms with Gasteiger partial charge >= 0.3 is 5.97 Å². The van der Waals surface area contributed by atoms with E-state index in [0.717, 1.165) is 23.5 Å². The summed E-state index contributed by atoms with van der Waals surface area (Å²) in [6.07, 6.45) is 3.82. The molecule has 0 saturated heterocycles. The van der Waals surface area contributed by atoms with Gasteiger partial charge in [-0.2, -0.15) is 0 Å². The summed E-state index contributed by atoms with van der Waals surface area (Å²) in [5.41, 5.74) is 1.65. The standard InChI is InChI=1S/C26H32O6S/c1-3-7-22-24(15-14-21(18(2)27)26(22)31)32-16-6-17-33-20-12-10-19(11-13-20)23(28)8-4-5-9-25(29)30/h10-15,31H,3-9,16-17H2,1-2H3,(H,29,30). The van der Waals surface area contributed by atoms with Crippen molar-refractivity contribution in [3.63, 3.8) is 0 Å². The minimum atomic E-state index is -0.834. The molecule has 0 unspecified atom stereocenters. The molecule has 0 aromatic heterocycles. The maximum Gasteiger partial charge on any atom is 0.303 e. The van der Waals surface area contributed by atoms with E-state index in [9.17, 15) is 19.5 Å². The van der Waals surface area contributed by atoms with Gasteiger partial charge in [-0.15, -0.1) is 11.8 Å². The molecule has 2 rings (SSSR count). The summed E-state index contributed by atoms with van der Waals surface area (Å²) in [6.45, 7) is 3.95. The number of ether oxygens (including phenoxy) is 1. The Labute approximate surface area is 199 Å². The van der Waals surface area contributed by atoms with Crippen LogP contribution in [0, 0.1) is 0 Å².